The molecule has 1 aromatic heterocycles. The molecule has 0 amide bonds. The van der Waals surface area contributed by atoms with Crippen LogP contribution in [0, 0.1) is 6.92 Å². The van der Waals surface area contributed by atoms with Gasteiger partial charge in [-0.3, -0.25) is 0 Å². The zero-order chi connectivity index (χ0) is 13.9. The second-order valence-corrected chi connectivity index (χ2v) is 5.78. The molecule has 1 heterocycles. The number of methoxy groups -OCH3 is 1. The number of anilines is 2. The maximum absolute atomic E-state index is 5.15. The number of nitrogens with zero attached hydrogens (tertiary/aromatic N) is 1. The van der Waals surface area contributed by atoms with Gasteiger partial charge < -0.3 is 10.1 Å². The van der Waals surface area contributed by atoms with E-state index in [-0.39, 0.29) is 0 Å². The summed E-state index contributed by atoms with van der Waals surface area (Å²) < 4.78 is 6.36. The van der Waals surface area contributed by atoms with Crippen molar-refractivity contribution < 1.29 is 4.74 Å². The molecule has 3 nitrogen and oxygen atoms in total. The van der Waals surface area contributed by atoms with E-state index in [0.29, 0.717) is 6.61 Å². The van der Waals surface area contributed by atoms with Crippen LogP contribution in [-0.2, 0) is 11.3 Å². The number of aryl methyl sites for hydroxylation is 1. The number of hydrogen-bond donors (Lipinski definition) is 1. The van der Waals surface area contributed by atoms with Crippen LogP contribution in [0.5, 0.6) is 0 Å². The van der Waals surface area contributed by atoms with Crippen molar-refractivity contribution in [1.82, 2.24) is 4.98 Å². The van der Waals surface area contributed by atoms with Gasteiger partial charge in [-0.05, 0) is 42.3 Å². The summed E-state index contributed by atoms with van der Waals surface area (Å²) in [6.07, 6.45) is 0. The first kappa shape index (κ1) is 13.1. The van der Waals surface area contributed by atoms with E-state index in [1.807, 2.05) is 12.1 Å². The van der Waals surface area contributed by atoms with Crippen molar-refractivity contribution in [3.63, 3.8) is 0 Å². The van der Waals surface area contributed by atoms with Crippen LogP contribution < -0.4 is 5.32 Å². The van der Waals surface area contributed by atoms with Gasteiger partial charge in [-0.2, -0.15) is 0 Å². The van der Waals surface area contributed by atoms with Gasteiger partial charge in [-0.15, -0.1) is 0 Å². The number of nitrogens with one attached hydrogen (secondary N) is 1. The summed E-state index contributed by atoms with van der Waals surface area (Å²) >= 11 is 1.67. The monoisotopic (exact) mass is 284 g/mol. The van der Waals surface area contributed by atoms with E-state index >= 15 is 0 Å². The van der Waals surface area contributed by atoms with Crippen molar-refractivity contribution in [1.29, 1.82) is 0 Å². The molecule has 0 saturated carbocycles. The molecule has 0 spiro atoms. The standard InChI is InChI=1S/C16H16N2OS/c1-11-6-7-14-15(8-11)20-16(18-14)17-13-5-3-4-12(9-13)10-19-2/h3-9H,10H2,1-2H3,(H,17,18). The molecule has 20 heavy (non-hydrogen) atoms. The molecule has 0 radical (unpaired) electrons. The number of rotatable bonds is 4. The molecule has 102 valence electrons. The largest absolute Gasteiger partial charge is 0.380 e. The van der Waals surface area contributed by atoms with E-state index in [0.717, 1.165) is 21.9 Å². The first-order valence-electron chi connectivity index (χ1n) is 6.47. The fourth-order valence-corrected chi connectivity index (χ4v) is 3.10. The Kier molecular flexibility index (Phi) is 3.67. The Morgan fingerprint density at radius 2 is 2.10 bits per heavy atom. The Morgan fingerprint density at radius 1 is 1.20 bits per heavy atom. The van der Waals surface area contributed by atoms with Crippen LogP contribution in [-0.4, -0.2) is 12.1 Å². The predicted octanol–water partition coefficient (Wildman–Crippen LogP) is 4.49. The number of hydrogen-bond acceptors (Lipinski definition) is 4. The number of ether oxygens (including phenoxy) is 1. The molecule has 1 N–H and O–H groups in total. The summed E-state index contributed by atoms with van der Waals surface area (Å²) in [6.45, 7) is 2.72. The Morgan fingerprint density at radius 3 is 2.95 bits per heavy atom. The van der Waals surface area contributed by atoms with Crippen LogP contribution in [0.2, 0.25) is 0 Å². The highest BCUT2D eigenvalue weighted by molar-refractivity contribution is 7.22. The third-order valence-corrected chi connectivity index (χ3v) is 3.97. The molecule has 0 saturated heterocycles. The van der Waals surface area contributed by atoms with Gasteiger partial charge in [-0.25, -0.2) is 4.98 Å². The predicted molar refractivity (Wildman–Crippen MR) is 84.8 cm³/mol. The van der Waals surface area contributed by atoms with Gasteiger partial charge in [-0.1, -0.05) is 29.5 Å². The van der Waals surface area contributed by atoms with Gasteiger partial charge in [0.25, 0.3) is 0 Å². The molecule has 0 fully saturated rings. The first-order valence-corrected chi connectivity index (χ1v) is 7.28. The van der Waals surface area contributed by atoms with Crippen LogP contribution in [0.4, 0.5) is 10.8 Å². The summed E-state index contributed by atoms with van der Waals surface area (Å²) in [6, 6.07) is 14.5. The average Bonchev–Trinajstić information content (AvgIpc) is 2.81. The van der Waals surface area contributed by atoms with E-state index in [1.54, 1.807) is 18.4 Å². The summed E-state index contributed by atoms with van der Waals surface area (Å²) in [5.41, 5.74) is 4.48. The zero-order valence-corrected chi connectivity index (χ0v) is 12.3. The summed E-state index contributed by atoms with van der Waals surface area (Å²) in [5, 5.41) is 4.28. The van der Waals surface area contributed by atoms with Crippen LogP contribution in [0.1, 0.15) is 11.1 Å². The van der Waals surface area contributed by atoms with Crippen LogP contribution in [0.25, 0.3) is 10.2 Å². The minimum Gasteiger partial charge on any atom is -0.380 e. The normalized spacial score (nSPS) is 10.9. The van der Waals surface area contributed by atoms with Crippen molar-refractivity contribution >= 4 is 32.4 Å². The molecular weight excluding hydrogens is 268 g/mol. The molecule has 3 aromatic rings. The van der Waals surface area contributed by atoms with Crippen molar-refractivity contribution in [3.05, 3.63) is 53.6 Å². The van der Waals surface area contributed by atoms with E-state index in [2.05, 4.69) is 47.6 Å². The average molecular weight is 284 g/mol. The third kappa shape index (κ3) is 2.81. The minimum atomic E-state index is 0.620. The summed E-state index contributed by atoms with van der Waals surface area (Å²) in [5.74, 6) is 0. The van der Waals surface area contributed by atoms with E-state index in [9.17, 15) is 0 Å². The number of aromatic nitrogens is 1. The minimum absolute atomic E-state index is 0.620. The van der Waals surface area contributed by atoms with Crippen LogP contribution >= 0.6 is 11.3 Å². The highest BCUT2D eigenvalue weighted by Gasteiger charge is 2.04. The van der Waals surface area contributed by atoms with E-state index in [1.165, 1.54) is 10.3 Å². The summed E-state index contributed by atoms with van der Waals surface area (Å²) in [4.78, 5) is 4.60. The Bertz CT molecular complexity index is 736. The van der Waals surface area contributed by atoms with Gasteiger partial charge in [0.15, 0.2) is 5.13 Å². The van der Waals surface area contributed by atoms with Gasteiger partial charge in [0, 0.05) is 12.8 Å². The van der Waals surface area contributed by atoms with Gasteiger partial charge in [0.2, 0.25) is 0 Å². The van der Waals surface area contributed by atoms with Crippen molar-refractivity contribution in [3.8, 4) is 0 Å². The van der Waals surface area contributed by atoms with Gasteiger partial charge in [0.1, 0.15) is 0 Å². The van der Waals surface area contributed by atoms with Crippen molar-refractivity contribution in [2.75, 3.05) is 12.4 Å². The maximum Gasteiger partial charge on any atom is 0.188 e. The van der Waals surface area contributed by atoms with Gasteiger partial charge >= 0.3 is 0 Å². The zero-order valence-electron chi connectivity index (χ0n) is 11.5. The lowest BCUT2D eigenvalue weighted by Gasteiger charge is -2.05. The SMILES string of the molecule is COCc1cccc(Nc2nc3ccc(C)cc3s2)c1. The maximum atomic E-state index is 5.15. The lowest BCUT2D eigenvalue weighted by Crippen LogP contribution is -1.92. The van der Waals surface area contributed by atoms with E-state index in [4.69, 9.17) is 4.74 Å². The molecule has 0 aliphatic heterocycles. The molecule has 2 aromatic carbocycles. The first-order chi connectivity index (χ1) is 9.74. The Hall–Kier alpha value is -1.91. The third-order valence-electron chi connectivity index (χ3n) is 3.03. The fraction of sp³-hybridized carbons (Fsp3) is 0.188. The van der Waals surface area contributed by atoms with E-state index < -0.39 is 0 Å². The molecule has 0 unspecified atom stereocenters. The lowest BCUT2D eigenvalue weighted by molar-refractivity contribution is 0.185. The molecule has 0 aliphatic carbocycles. The fourth-order valence-electron chi connectivity index (χ4n) is 2.11. The number of fused-ring (bicyclic) bond motifs is 1. The molecule has 0 aliphatic rings. The van der Waals surface area contributed by atoms with Crippen molar-refractivity contribution in [2.24, 2.45) is 0 Å². The van der Waals surface area contributed by atoms with Gasteiger partial charge in [0.05, 0.1) is 16.8 Å². The molecule has 3 rings (SSSR count). The molecule has 0 bridgehead atoms. The molecule has 0 atom stereocenters. The number of benzene rings is 2. The quantitative estimate of drug-likeness (QED) is 0.766. The second kappa shape index (κ2) is 5.61. The summed E-state index contributed by atoms with van der Waals surface area (Å²) in [7, 11) is 1.70. The van der Waals surface area contributed by atoms with Crippen molar-refractivity contribution in [2.45, 2.75) is 13.5 Å². The van der Waals surface area contributed by atoms with Crippen LogP contribution in [0.3, 0.4) is 0 Å². The highest BCUT2D eigenvalue weighted by atomic mass is 32.1. The van der Waals surface area contributed by atoms with Crippen LogP contribution in [0.15, 0.2) is 42.5 Å². The Balaban J connectivity index is 1.87. The topological polar surface area (TPSA) is 34.1 Å². The smallest absolute Gasteiger partial charge is 0.188 e. The lowest BCUT2D eigenvalue weighted by atomic mass is 10.2. The molecular formula is C16H16N2OS. The molecule has 4 heteroatoms. The highest BCUT2D eigenvalue weighted by Crippen LogP contribution is 2.29. The Labute approximate surface area is 122 Å². The number of thiazole rings is 1. The second-order valence-electron chi connectivity index (χ2n) is 4.75.